The highest BCUT2D eigenvalue weighted by Crippen LogP contribution is 2.08. The Hall–Kier alpha value is -0.720. The molecule has 0 saturated carbocycles. The summed E-state index contributed by atoms with van der Waals surface area (Å²) in [6.07, 6.45) is 4.24. The normalized spacial score (nSPS) is 13.5. The Balaban J connectivity index is 0. The standard InChI is InChI=1S/C7H11N.2C2H6/c1-6-3-4-8-5-7(6)2;2*1-2/h3,5,8H,4H2,1-2H3;2*1-2H3. The van der Waals surface area contributed by atoms with Crippen LogP contribution in [0.25, 0.3) is 0 Å². The Bertz CT molecular complexity index is 125. The van der Waals surface area contributed by atoms with E-state index < -0.39 is 0 Å². The van der Waals surface area contributed by atoms with Crippen LogP contribution in [0.2, 0.25) is 0 Å². The lowest BCUT2D eigenvalue weighted by molar-refractivity contribution is 0.935. The number of rotatable bonds is 0. The van der Waals surface area contributed by atoms with Crippen LogP contribution in [-0.2, 0) is 0 Å². The van der Waals surface area contributed by atoms with Gasteiger partial charge in [-0.25, -0.2) is 0 Å². The van der Waals surface area contributed by atoms with Gasteiger partial charge in [0.25, 0.3) is 0 Å². The molecule has 1 heterocycles. The highest BCUT2D eigenvalue weighted by Gasteiger charge is 1.94. The van der Waals surface area contributed by atoms with Crippen molar-refractivity contribution in [2.24, 2.45) is 0 Å². The summed E-state index contributed by atoms with van der Waals surface area (Å²) in [6.45, 7) is 13.2. The summed E-state index contributed by atoms with van der Waals surface area (Å²) < 4.78 is 0. The monoisotopic (exact) mass is 169 g/mol. The molecule has 0 spiro atoms. The Morgan fingerprint density at radius 3 is 1.75 bits per heavy atom. The fourth-order valence-electron chi connectivity index (χ4n) is 0.699. The smallest absolute Gasteiger partial charge is 0.0331 e. The van der Waals surface area contributed by atoms with Gasteiger partial charge in [0.05, 0.1) is 0 Å². The van der Waals surface area contributed by atoms with E-state index in [1.807, 2.05) is 27.7 Å². The lowest BCUT2D eigenvalue weighted by atomic mass is 10.1. The molecule has 0 fully saturated rings. The van der Waals surface area contributed by atoms with Gasteiger partial charge in [-0.15, -0.1) is 0 Å². The van der Waals surface area contributed by atoms with Gasteiger partial charge in [0.15, 0.2) is 0 Å². The molecule has 0 saturated heterocycles. The zero-order valence-electron chi connectivity index (χ0n) is 9.36. The zero-order valence-corrected chi connectivity index (χ0v) is 9.36. The van der Waals surface area contributed by atoms with E-state index in [1.165, 1.54) is 11.1 Å². The minimum atomic E-state index is 0.989. The van der Waals surface area contributed by atoms with Crippen molar-refractivity contribution in [3.8, 4) is 0 Å². The lowest BCUT2D eigenvalue weighted by Crippen LogP contribution is -2.10. The van der Waals surface area contributed by atoms with Crippen LogP contribution in [0.3, 0.4) is 0 Å². The van der Waals surface area contributed by atoms with Crippen molar-refractivity contribution >= 4 is 0 Å². The maximum absolute atomic E-state index is 3.13. The first-order valence-corrected chi connectivity index (χ1v) is 4.88. The average Bonchev–Trinajstić information content (AvgIpc) is 2.17. The van der Waals surface area contributed by atoms with Crippen molar-refractivity contribution in [2.45, 2.75) is 41.5 Å². The van der Waals surface area contributed by atoms with Gasteiger partial charge in [0, 0.05) is 6.54 Å². The molecule has 0 aliphatic carbocycles. The van der Waals surface area contributed by atoms with Crippen LogP contribution in [0, 0.1) is 0 Å². The van der Waals surface area contributed by atoms with Gasteiger partial charge in [-0.05, 0) is 31.2 Å². The molecule has 0 atom stereocenters. The molecule has 0 amide bonds. The largest absolute Gasteiger partial charge is 0.387 e. The predicted octanol–water partition coefficient (Wildman–Crippen LogP) is 3.49. The lowest BCUT2D eigenvalue weighted by Gasteiger charge is -2.08. The zero-order chi connectivity index (χ0) is 9.98. The molecule has 12 heavy (non-hydrogen) atoms. The van der Waals surface area contributed by atoms with Gasteiger partial charge in [-0.1, -0.05) is 33.8 Å². The molecule has 0 radical (unpaired) electrons. The molecule has 1 N–H and O–H groups in total. The first-order valence-electron chi connectivity index (χ1n) is 4.88. The van der Waals surface area contributed by atoms with Crippen LogP contribution in [0.4, 0.5) is 0 Å². The summed E-state index contributed by atoms with van der Waals surface area (Å²) in [4.78, 5) is 0. The second kappa shape index (κ2) is 10.3. The molecule has 1 nitrogen and oxygen atoms in total. The van der Waals surface area contributed by atoms with E-state index in [9.17, 15) is 0 Å². The fourth-order valence-corrected chi connectivity index (χ4v) is 0.699. The molecule has 1 heteroatoms. The van der Waals surface area contributed by atoms with Gasteiger partial charge < -0.3 is 5.32 Å². The quantitative estimate of drug-likeness (QED) is 0.585. The first-order chi connectivity index (χ1) is 5.80. The van der Waals surface area contributed by atoms with Crippen molar-refractivity contribution in [1.29, 1.82) is 0 Å². The molecule has 0 aromatic heterocycles. The van der Waals surface area contributed by atoms with Gasteiger partial charge in [0.2, 0.25) is 0 Å². The number of hydrogen-bond donors (Lipinski definition) is 1. The van der Waals surface area contributed by atoms with Crippen molar-refractivity contribution in [2.75, 3.05) is 6.54 Å². The van der Waals surface area contributed by atoms with Crippen molar-refractivity contribution < 1.29 is 0 Å². The van der Waals surface area contributed by atoms with Crippen LogP contribution in [-0.4, -0.2) is 6.54 Å². The minimum Gasteiger partial charge on any atom is -0.387 e. The topological polar surface area (TPSA) is 12.0 Å². The highest BCUT2D eigenvalue weighted by atomic mass is 14.8. The van der Waals surface area contributed by atoms with Gasteiger partial charge >= 0.3 is 0 Å². The van der Waals surface area contributed by atoms with E-state index in [0.29, 0.717) is 0 Å². The molecule has 1 aliphatic heterocycles. The number of hydrogen-bond acceptors (Lipinski definition) is 1. The molecular formula is C11H23N. The Labute approximate surface area is 77.6 Å². The van der Waals surface area contributed by atoms with Crippen LogP contribution in [0.1, 0.15) is 41.5 Å². The van der Waals surface area contributed by atoms with E-state index >= 15 is 0 Å². The molecule has 1 aliphatic rings. The SMILES string of the molecule is CC.CC.CC1=CCNC=C1C. The second-order valence-electron chi connectivity index (χ2n) is 2.12. The summed E-state index contributed by atoms with van der Waals surface area (Å²) in [6, 6.07) is 0. The molecule has 0 bridgehead atoms. The third-order valence-electron chi connectivity index (χ3n) is 1.47. The van der Waals surface area contributed by atoms with Gasteiger partial charge in [0.1, 0.15) is 0 Å². The average molecular weight is 169 g/mol. The van der Waals surface area contributed by atoms with E-state index in [2.05, 4.69) is 31.4 Å². The Morgan fingerprint density at radius 1 is 1.00 bits per heavy atom. The highest BCUT2D eigenvalue weighted by molar-refractivity contribution is 5.29. The van der Waals surface area contributed by atoms with Crippen LogP contribution in [0.5, 0.6) is 0 Å². The van der Waals surface area contributed by atoms with Crippen molar-refractivity contribution in [3.63, 3.8) is 0 Å². The van der Waals surface area contributed by atoms with Crippen molar-refractivity contribution in [1.82, 2.24) is 5.32 Å². The van der Waals surface area contributed by atoms with E-state index in [-0.39, 0.29) is 0 Å². The summed E-state index contributed by atoms with van der Waals surface area (Å²) in [5.41, 5.74) is 2.74. The van der Waals surface area contributed by atoms with Crippen LogP contribution < -0.4 is 5.32 Å². The van der Waals surface area contributed by atoms with Gasteiger partial charge in [-0.2, -0.15) is 0 Å². The molecule has 72 valence electrons. The minimum absolute atomic E-state index is 0.989. The van der Waals surface area contributed by atoms with Crippen molar-refractivity contribution in [3.05, 3.63) is 23.4 Å². The number of dihydropyridines is 1. The molecule has 1 rings (SSSR count). The second-order valence-corrected chi connectivity index (χ2v) is 2.12. The number of allylic oxidation sites excluding steroid dienone is 2. The van der Waals surface area contributed by atoms with E-state index in [0.717, 1.165) is 6.54 Å². The molecule has 0 aromatic carbocycles. The Morgan fingerprint density at radius 2 is 1.50 bits per heavy atom. The summed E-state index contributed by atoms with van der Waals surface area (Å²) >= 11 is 0. The Kier molecular flexibility index (Phi) is 11.9. The third kappa shape index (κ3) is 6.02. The molecule has 0 aromatic rings. The maximum Gasteiger partial charge on any atom is 0.0331 e. The molecule has 0 unspecified atom stereocenters. The third-order valence-corrected chi connectivity index (χ3v) is 1.47. The fraction of sp³-hybridized carbons (Fsp3) is 0.636. The number of nitrogens with one attached hydrogen (secondary N) is 1. The first kappa shape index (κ1) is 13.8. The summed E-state index contributed by atoms with van der Waals surface area (Å²) in [5.74, 6) is 0. The van der Waals surface area contributed by atoms with E-state index in [4.69, 9.17) is 0 Å². The summed E-state index contributed by atoms with van der Waals surface area (Å²) in [5, 5.41) is 3.13. The van der Waals surface area contributed by atoms with E-state index in [1.54, 1.807) is 0 Å². The van der Waals surface area contributed by atoms with Gasteiger partial charge in [-0.3, -0.25) is 0 Å². The molecular weight excluding hydrogens is 146 g/mol. The maximum atomic E-state index is 3.13. The van der Waals surface area contributed by atoms with Crippen LogP contribution >= 0.6 is 0 Å². The van der Waals surface area contributed by atoms with Crippen LogP contribution in [0.15, 0.2) is 23.4 Å². The predicted molar refractivity (Wildman–Crippen MR) is 58.2 cm³/mol. The summed E-state index contributed by atoms with van der Waals surface area (Å²) in [7, 11) is 0.